The number of hydrogen-bond acceptors (Lipinski definition) is 1. The summed E-state index contributed by atoms with van der Waals surface area (Å²) in [6.07, 6.45) is 5.62. The van der Waals surface area contributed by atoms with Crippen molar-refractivity contribution in [1.29, 1.82) is 0 Å². The highest BCUT2D eigenvalue weighted by atomic mass is 16.1. The molecule has 0 radical (unpaired) electrons. The van der Waals surface area contributed by atoms with E-state index >= 15 is 0 Å². The second-order valence-corrected chi connectivity index (χ2v) is 3.17. The number of carbonyl (C=O) groups excluding carboxylic acids is 1. The molecule has 1 rings (SSSR count). The van der Waals surface area contributed by atoms with Gasteiger partial charge in [0.2, 0.25) is 5.91 Å². The highest BCUT2D eigenvalue weighted by Gasteiger charge is 2.06. The molecule has 0 saturated heterocycles. The molecule has 2 nitrogen and oxygen atoms in total. The molecule has 2 heteroatoms. The molecule has 0 aromatic heterocycles. The van der Waals surface area contributed by atoms with Gasteiger partial charge >= 0.3 is 0 Å². The lowest BCUT2D eigenvalue weighted by molar-refractivity contribution is -0.119. The summed E-state index contributed by atoms with van der Waals surface area (Å²) in [4.78, 5) is 10.7. The smallest absolute Gasteiger partial charge is 0.217 e. The van der Waals surface area contributed by atoms with Crippen LogP contribution in [-0.2, 0) is 4.79 Å². The third-order valence-electron chi connectivity index (χ3n) is 1.95. The molecule has 12 heavy (non-hydrogen) atoms. The first kappa shape index (κ1) is 9.12. The van der Waals surface area contributed by atoms with Gasteiger partial charge < -0.3 is 5.32 Å². The molecule has 66 valence electrons. The average molecular weight is 165 g/mol. The fraction of sp³-hybridized carbons (Fsp3) is 0.700. The van der Waals surface area contributed by atoms with Gasteiger partial charge in [0.15, 0.2) is 0 Å². The first-order chi connectivity index (χ1) is 5.79. The number of hydrogen-bond donors (Lipinski definition) is 1. The van der Waals surface area contributed by atoms with Crippen molar-refractivity contribution < 1.29 is 4.79 Å². The molecule has 1 N–H and O–H groups in total. The lowest BCUT2D eigenvalue weighted by atomic mass is 10.0. The topological polar surface area (TPSA) is 29.1 Å². The van der Waals surface area contributed by atoms with Crippen LogP contribution in [-0.4, -0.2) is 11.9 Å². The van der Waals surface area contributed by atoms with Gasteiger partial charge in [-0.15, -0.1) is 5.92 Å². The Morgan fingerprint density at radius 3 is 3.00 bits per heavy atom. The monoisotopic (exact) mass is 165 g/mol. The molecule has 0 bridgehead atoms. The van der Waals surface area contributed by atoms with Crippen molar-refractivity contribution in [2.45, 2.75) is 45.1 Å². The summed E-state index contributed by atoms with van der Waals surface area (Å²) in [6, 6.07) is 0.0998. The molecule has 0 spiro atoms. The normalized spacial score (nSPS) is 22.9. The maximum Gasteiger partial charge on any atom is 0.217 e. The van der Waals surface area contributed by atoms with E-state index in [1.165, 1.54) is 19.3 Å². The predicted molar refractivity (Wildman–Crippen MR) is 48.5 cm³/mol. The molecule has 0 aromatic carbocycles. The quantitative estimate of drug-likeness (QED) is 0.585. The first-order valence-electron chi connectivity index (χ1n) is 4.54. The Bertz CT molecular complexity index is 212. The van der Waals surface area contributed by atoms with Crippen molar-refractivity contribution in [3.05, 3.63) is 0 Å². The Labute approximate surface area is 73.7 Å². The Morgan fingerprint density at radius 2 is 2.25 bits per heavy atom. The van der Waals surface area contributed by atoms with Crippen LogP contribution in [0.25, 0.3) is 0 Å². The molecule has 0 saturated carbocycles. The second kappa shape index (κ2) is 4.82. The molecule has 1 unspecified atom stereocenters. The zero-order valence-electron chi connectivity index (χ0n) is 7.52. The minimum absolute atomic E-state index is 0.0230. The van der Waals surface area contributed by atoms with Gasteiger partial charge in [0.1, 0.15) is 0 Å². The van der Waals surface area contributed by atoms with Crippen LogP contribution in [0, 0.1) is 11.8 Å². The highest BCUT2D eigenvalue weighted by Crippen LogP contribution is 2.07. The molecule has 1 atom stereocenters. The highest BCUT2D eigenvalue weighted by molar-refractivity contribution is 5.73. The molecule has 1 aliphatic rings. The summed E-state index contributed by atoms with van der Waals surface area (Å²) in [5.41, 5.74) is 0. The molecule has 0 heterocycles. The fourth-order valence-corrected chi connectivity index (χ4v) is 1.36. The van der Waals surface area contributed by atoms with Crippen LogP contribution in [0.5, 0.6) is 0 Å². The lowest BCUT2D eigenvalue weighted by Gasteiger charge is -2.12. The maximum absolute atomic E-state index is 10.7. The van der Waals surface area contributed by atoms with Crippen LogP contribution in [0.4, 0.5) is 0 Å². The average Bonchev–Trinajstić information content (AvgIpc) is 1.93. The number of nitrogens with one attached hydrogen (secondary N) is 1. The predicted octanol–water partition coefficient (Wildman–Crippen LogP) is 1.46. The van der Waals surface area contributed by atoms with Gasteiger partial charge in [-0.3, -0.25) is 4.79 Å². The van der Waals surface area contributed by atoms with Crippen molar-refractivity contribution in [3.63, 3.8) is 0 Å². The minimum Gasteiger partial charge on any atom is -0.343 e. The van der Waals surface area contributed by atoms with Crippen molar-refractivity contribution >= 4 is 5.91 Å². The summed E-state index contributed by atoms with van der Waals surface area (Å²) in [5.74, 6) is 6.17. The van der Waals surface area contributed by atoms with Gasteiger partial charge in [-0.2, -0.15) is 0 Å². The summed E-state index contributed by atoms with van der Waals surface area (Å²) < 4.78 is 0. The van der Waals surface area contributed by atoms with E-state index in [9.17, 15) is 4.79 Å². The molecular weight excluding hydrogens is 150 g/mol. The van der Waals surface area contributed by atoms with Crippen molar-refractivity contribution in [2.75, 3.05) is 0 Å². The van der Waals surface area contributed by atoms with Gasteiger partial charge in [-0.25, -0.2) is 0 Å². The zero-order chi connectivity index (χ0) is 8.81. The summed E-state index contributed by atoms with van der Waals surface area (Å²) in [6.45, 7) is 1.54. The Balaban J connectivity index is 2.43. The van der Waals surface area contributed by atoms with E-state index in [4.69, 9.17) is 0 Å². The second-order valence-electron chi connectivity index (χ2n) is 3.17. The Hall–Kier alpha value is -0.970. The van der Waals surface area contributed by atoms with E-state index in [0.29, 0.717) is 0 Å². The standard InChI is InChI=1S/C10H15NO/c1-9(12)11-10-7-5-3-2-4-6-8-10/h10H,2-5,7H2,1H3,(H,11,12). The van der Waals surface area contributed by atoms with E-state index in [1.807, 2.05) is 0 Å². The van der Waals surface area contributed by atoms with Crippen molar-refractivity contribution in [1.82, 2.24) is 5.32 Å². The largest absolute Gasteiger partial charge is 0.343 e. The number of amides is 1. The minimum atomic E-state index is 0.0230. The molecule has 1 aliphatic carbocycles. The number of carbonyl (C=O) groups is 1. The van der Waals surface area contributed by atoms with Crippen LogP contribution in [0.3, 0.4) is 0 Å². The maximum atomic E-state index is 10.7. The van der Waals surface area contributed by atoms with E-state index in [0.717, 1.165) is 12.8 Å². The van der Waals surface area contributed by atoms with Gasteiger partial charge in [0.05, 0.1) is 6.04 Å². The van der Waals surface area contributed by atoms with Gasteiger partial charge in [0.25, 0.3) is 0 Å². The Morgan fingerprint density at radius 1 is 1.42 bits per heavy atom. The van der Waals surface area contributed by atoms with Gasteiger partial charge in [0, 0.05) is 13.3 Å². The molecule has 0 aromatic rings. The summed E-state index contributed by atoms with van der Waals surface area (Å²) in [7, 11) is 0. The van der Waals surface area contributed by atoms with E-state index < -0.39 is 0 Å². The van der Waals surface area contributed by atoms with Gasteiger partial charge in [-0.1, -0.05) is 18.8 Å². The SMILES string of the molecule is CC(=O)NC1C#CCCCCC1. The van der Waals surface area contributed by atoms with E-state index in [-0.39, 0.29) is 11.9 Å². The summed E-state index contributed by atoms with van der Waals surface area (Å²) in [5, 5.41) is 2.84. The lowest BCUT2D eigenvalue weighted by Crippen LogP contribution is -2.31. The fourth-order valence-electron chi connectivity index (χ4n) is 1.36. The van der Waals surface area contributed by atoms with E-state index in [1.54, 1.807) is 6.92 Å². The third kappa shape index (κ3) is 3.43. The first-order valence-corrected chi connectivity index (χ1v) is 4.54. The van der Waals surface area contributed by atoms with Crippen molar-refractivity contribution in [3.8, 4) is 11.8 Å². The molecule has 1 amide bonds. The number of rotatable bonds is 1. The van der Waals surface area contributed by atoms with Gasteiger partial charge in [-0.05, 0) is 12.8 Å². The van der Waals surface area contributed by atoms with Crippen molar-refractivity contribution in [2.24, 2.45) is 0 Å². The molecule has 0 aliphatic heterocycles. The zero-order valence-corrected chi connectivity index (χ0v) is 7.52. The molecular formula is C10H15NO. The van der Waals surface area contributed by atoms with Crippen LogP contribution in [0.2, 0.25) is 0 Å². The third-order valence-corrected chi connectivity index (χ3v) is 1.95. The summed E-state index contributed by atoms with van der Waals surface area (Å²) >= 11 is 0. The van der Waals surface area contributed by atoms with Crippen LogP contribution in [0.15, 0.2) is 0 Å². The van der Waals surface area contributed by atoms with E-state index in [2.05, 4.69) is 17.2 Å². The Kier molecular flexibility index (Phi) is 3.66. The van der Waals surface area contributed by atoms with Crippen LogP contribution >= 0.6 is 0 Å². The molecule has 0 fully saturated rings. The van der Waals surface area contributed by atoms with Crippen LogP contribution in [0.1, 0.15) is 39.0 Å². The van der Waals surface area contributed by atoms with Crippen LogP contribution < -0.4 is 5.32 Å².